The third-order valence-electron chi connectivity index (χ3n) is 4.39. The second kappa shape index (κ2) is 5.93. The molecule has 0 bridgehead atoms. The van der Waals surface area contributed by atoms with Gasteiger partial charge in [0.15, 0.2) is 0 Å². The van der Waals surface area contributed by atoms with E-state index in [4.69, 9.17) is 10.00 Å². The van der Waals surface area contributed by atoms with Crippen LogP contribution < -0.4 is 0 Å². The summed E-state index contributed by atoms with van der Waals surface area (Å²) >= 11 is 0. The molecule has 4 heteroatoms. The Kier molecular flexibility index (Phi) is 4.41. The first kappa shape index (κ1) is 15.6. The van der Waals surface area contributed by atoms with Crippen molar-refractivity contribution in [3.05, 3.63) is 24.0 Å². The van der Waals surface area contributed by atoms with Crippen LogP contribution >= 0.6 is 0 Å². The Labute approximate surface area is 127 Å². The van der Waals surface area contributed by atoms with Gasteiger partial charge in [-0.25, -0.2) is 4.79 Å². The quantitative estimate of drug-likeness (QED) is 0.746. The molecule has 1 aliphatic carbocycles. The minimum Gasteiger partial charge on any atom is -0.455 e. The van der Waals surface area contributed by atoms with E-state index in [1.54, 1.807) is 6.20 Å². The molecule has 114 valence electrons. The number of hydrogen-bond acceptors (Lipinski definition) is 4. The van der Waals surface area contributed by atoms with Gasteiger partial charge >= 0.3 is 5.97 Å². The van der Waals surface area contributed by atoms with Crippen molar-refractivity contribution in [3.63, 3.8) is 0 Å². The third kappa shape index (κ3) is 3.29. The molecule has 0 atom stereocenters. The lowest BCUT2D eigenvalue weighted by molar-refractivity contribution is -0.155. The van der Waals surface area contributed by atoms with E-state index in [0.29, 0.717) is 5.70 Å². The maximum absolute atomic E-state index is 12.4. The number of esters is 1. The van der Waals surface area contributed by atoms with Gasteiger partial charge in [-0.05, 0) is 58.2 Å². The smallest absolute Gasteiger partial charge is 0.355 e. The Morgan fingerprint density at radius 3 is 2.48 bits per heavy atom. The molecule has 0 radical (unpaired) electrons. The minimum atomic E-state index is -0.435. The Hall–Kier alpha value is -1.76. The van der Waals surface area contributed by atoms with Crippen LogP contribution in [0.5, 0.6) is 0 Å². The zero-order valence-electron chi connectivity index (χ0n) is 13.2. The number of carbonyl (C=O) groups excluding carboxylic acids is 1. The Balaban J connectivity index is 2.20. The fourth-order valence-corrected chi connectivity index (χ4v) is 3.46. The van der Waals surface area contributed by atoms with E-state index in [0.717, 1.165) is 37.7 Å². The number of rotatable bonds is 3. The molecule has 0 spiro atoms. The van der Waals surface area contributed by atoms with Crippen LogP contribution in [0, 0.1) is 17.2 Å². The number of hydrogen-bond donors (Lipinski definition) is 0. The maximum Gasteiger partial charge on any atom is 0.355 e. The van der Waals surface area contributed by atoms with Crippen molar-refractivity contribution in [1.29, 1.82) is 5.26 Å². The summed E-state index contributed by atoms with van der Waals surface area (Å²) in [5, 5.41) is 9.00. The summed E-state index contributed by atoms with van der Waals surface area (Å²) < 4.78 is 5.53. The second-order valence-electron chi connectivity index (χ2n) is 6.68. The van der Waals surface area contributed by atoms with Crippen molar-refractivity contribution in [2.75, 3.05) is 0 Å². The van der Waals surface area contributed by atoms with Gasteiger partial charge in [-0.2, -0.15) is 5.26 Å². The molecule has 1 aliphatic heterocycles. The van der Waals surface area contributed by atoms with Crippen molar-refractivity contribution in [2.24, 2.45) is 5.92 Å². The van der Waals surface area contributed by atoms with Crippen LogP contribution in [0.1, 0.15) is 52.9 Å². The number of nitriles is 1. The van der Waals surface area contributed by atoms with Gasteiger partial charge in [-0.1, -0.05) is 6.58 Å². The zero-order chi connectivity index (χ0) is 15.6. The lowest BCUT2D eigenvalue weighted by Crippen LogP contribution is -2.42. The van der Waals surface area contributed by atoms with Gasteiger partial charge in [-0.3, -0.25) is 0 Å². The summed E-state index contributed by atoms with van der Waals surface area (Å²) in [6, 6.07) is 2.58. The lowest BCUT2D eigenvalue weighted by Gasteiger charge is -2.40. The Morgan fingerprint density at radius 2 is 2.00 bits per heavy atom. The molecular formula is C17H24N2O2. The number of cyclic esters (lactones) is 1. The minimum absolute atomic E-state index is 0.153. The highest BCUT2D eigenvalue weighted by Gasteiger charge is 2.37. The molecule has 21 heavy (non-hydrogen) atoms. The average molecular weight is 288 g/mol. The van der Waals surface area contributed by atoms with Crippen LogP contribution in [0.4, 0.5) is 0 Å². The first-order chi connectivity index (χ1) is 9.88. The molecule has 2 rings (SSSR count). The molecule has 1 heterocycles. The summed E-state index contributed by atoms with van der Waals surface area (Å²) in [5.41, 5.74) is 1.26. The maximum atomic E-state index is 12.4. The molecule has 0 amide bonds. The van der Waals surface area contributed by atoms with Crippen molar-refractivity contribution in [2.45, 2.75) is 64.5 Å². The van der Waals surface area contributed by atoms with E-state index in [9.17, 15) is 4.79 Å². The summed E-state index contributed by atoms with van der Waals surface area (Å²) in [6.07, 6.45) is 6.08. The van der Waals surface area contributed by atoms with E-state index >= 15 is 0 Å². The molecule has 0 aromatic rings. The van der Waals surface area contributed by atoms with Crippen LogP contribution in [0.3, 0.4) is 0 Å². The van der Waals surface area contributed by atoms with Crippen molar-refractivity contribution < 1.29 is 9.53 Å². The van der Waals surface area contributed by atoms with E-state index in [1.807, 2.05) is 25.7 Å². The molecule has 0 aromatic carbocycles. The van der Waals surface area contributed by atoms with Crippen molar-refractivity contribution >= 4 is 5.97 Å². The molecule has 4 nitrogen and oxygen atoms in total. The lowest BCUT2D eigenvalue weighted by atomic mass is 9.85. The normalized spacial score (nSPS) is 28.6. The second-order valence-corrected chi connectivity index (χ2v) is 6.68. The first-order valence-corrected chi connectivity index (χ1v) is 7.61. The molecule has 2 aliphatic rings. The largest absolute Gasteiger partial charge is 0.455 e. The summed E-state index contributed by atoms with van der Waals surface area (Å²) in [4.78, 5) is 14.3. The highest BCUT2D eigenvalue weighted by Crippen LogP contribution is 2.35. The Bertz CT molecular complexity index is 505. The predicted molar refractivity (Wildman–Crippen MR) is 80.9 cm³/mol. The SMILES string of the molecule is C=CN(C1=C(C)CC(C)(C)OC1=O)C1CCC(C#N)CC1. The van der Waals surface area contributed by atoms with Crippen LogP contribution in [-0.4, -0.2) is 22.5 Å². The monoisotopic (exact) mass is 288 g/mol. The summed E-state index contributed by atoms with van der Waals surface area (Å²) in [7, 11) is 0. The van der Waals surface area contributed by atoms with Gasteiger partial charge in [-0.15, -0.1) is 0 Å². The van der Waals surface area contributed by atoms with Crippen LogP contribution in [-0.2, 0) is 9.53 Å². The summed E-state index contributed by atoms with van der Waals surface area (Å²) in [5.74, 6) is -0.105. The molecule has 1 fully saturated rings. The van der Waals surface area contributed by atoms with E-state index in [-0.39, 0.29) is 17.9 Å². The van der Waals surface area contributed by atoms with E-state index in [2.05, 4.69) is 12.6 Å². The van der Waals surface area contributed by atoms with Gasteiger partial charge in [0.2, 0.25) is 0 Å². The van der Waals surface area contributed by atoms with Crippen LogP contribution in [0.25, 0.3) is 0 Å². The fourth-order valence-electron chi connectivity index (χ4n) is 3.46. The van der Waals surface area contributed by atoms with E-state index in [1.165, 1.54) is 0 Å². The number of ether oxygens (including phenoxy) is 1. The zero-order valence-corrected chi connectivity index (χ0v) is 13.2. The Morgan fingerprint density at radius 1 is 1.38 bits per heavy atom. The highest BCUT2D eigenvalue weighted by atomic mass is 16.6. The van der Waals surface area contributed by atoms with Crippen molar-refractivity contribution in [1.82, 2.24) is 4.90 Å². The van der Waals surface area contributed by atoms with Gasteiger partial charge in [0.1, 0.15) is 11.3 Å². The first-order valence-electron chi connectivity index (χ1n) is 7.61. The molecule has 0 unspecified atom stereocenters. The van der Waals surface area contributed by atoms with Gasteiger partial charge < -0.3 is 9.64 Å². The van der Waals surface area contributed by atoms with Crippen LogP contribution in [0.15, 0.2) is 24.0 Å². The molecule has 1 saturated carbocycles. The predicted octanol–water partition coefficient (Wildman–Crippen LogP) is 3.51. The molecule has 0 aromatic heterocycles. The van der Waals surface area contributed by atoms with Crippen LogP contribution in [0.2, 0.25) is 0 Å². The van der Waals surface area contributed by atoms with Gasteiger partial charge in [0, 0.05) is 18.4 Å². The average Bonchev–Trinajstić information content (AvgIpc) is 2.42. The molecule has 0 N–H and O–H groups in total. The molecule has 0 saturated heterocycles. The third-order valence-corrected chi connectivity index (χ3v) is 4.39. The van der Waals surface area contributed by atoms with Crippen molar-refractivity contribution in [3.8, 4) is 6.07 Å². The molecular weight excluding hydrogens is 264 g/mol. The number of carbonyl (C=O) groups is 1. The fraction of sp³-hybridized carbons (Fsp3) is 0.647. The standard InChI is InChI=1S/C17H24N2O2/c1-5-19(14-8-6-13(11-18)7-9-14)15-12(2)10-17(3,4)21-16(15)20/h5,13-14H,1,6-10H2,2-4H3. The topological polar surface area (TPSA) is 53.3 Å². The number of nitrogens with zero attached hydrogens (tertiary/aromatic N) is 2. The van der Waals surface area contributed by atoms with Gasteiger partial charge in [0.25, 0.3) is 0 Å². The van der Waals surface area contributed by atoms with E-state index < -0.39 is 5.60 Å². The highest BCUT2D eigenvalue weighted by molar-refractivity contribution is 5.90. The van der Waals surface area contributed by atoms with Gasteiger partial charge in [0.05, 0.1) is 6.07 Å². The summed E-state index contributed by atoms with van der Waals surface area (Å²) in [6.45, 7) is 9.73.